The molecule has 0 spiro atoms. The van der Waals surface area contributed by atoms with Gasteiger partial charge in [-0.1, -0.05) is 19.1 Å². The van der Waals surface area contributed by atoms with Crippen LogP contribution in [0.2, 0.25) is 0 Å². The second-order valence-corrected chi connectivity index (χ2v) is 11.3. The van der Waals surface area contributed by atoms with E-state index in [0.717, 1.165) is 5.56 Å². The van der Waals surface area contributed by atoms with Crippen molar-refractivity contribution in [3.05, 3.63) is 52.8 Å². The number of amides is 1. The van der Waals surface area contributed by atoms with Crippen LogP contribution in [0.5, 0.6) is 0 Å². The Labute approximate surface area is 197 Å². The van der Waals surface area contributed by atoms with Gasteiger partial charge in [-0.3, -0.25) is 9.78 Å². The van der Waals surface area contributed by atoms with Crippen molar-refractivity contribution in [3.63, 3.8) is 0 Å². The minimum absolute atomic E-state index is 0.0581. The summed E-state index contributed by atoms with van der Waals surface area (Å²) in [5.41, 5.74) is 1.75. The van der Waals surface area contributed by atoms with Gasteiger partial charge in [-0.25, -0.2) is 17.2 Å². The third-order valence-corrected chi connectivity index (χ3v) is 8.60. The molecule has 1 N–H and O–H groups in total. The van der Waals surface area contributed by atoms with Crippen LogP contribution in [0, 0.1) is 23.7 Å². The number of pyridine rings is 1. The standard InChI is InChI=1S/C24H26F2N4O3S/c1-4-18-19(13-27)15(2)28-14-20(18)29-17-7-5-16(6-8-17)21-23(3,24(21,25)26)22(31)30-9-11-34(32,33)12-10-30/h5-8,14,21,29H,4,9-12H2,1-3H3. The summed E-state index contributed by atoms with van der Waals surface area (Å²) in [6.45, 7) is 4.85. The quantitative estimate of drug-likeness (QED) is 0.690. The summed E-state index contributed by atoms with van der Waals surface area (Å²) in [6.07, 6.45) is 2.27. The van der Waals surface area contributed by atoms with Crippen LogP contribution in [0.1, 0.15) is 42.1 Å². The predicted octanol–water partition coefficient (Wildman–Crippen LogP) is 3.56. The van der Waals surface area contributed by atoms with Gasteiger partial charge in [0.1, 0.15) is 11.5 Å². The molecule has 34 heavy (non-hydrogen) atoms. The lowest BCUT2D eigenvalue weighted by atomic mass is 9.99. The fourth-order valence-electron chi connectivity index (χ4n) is 4.78. The molecule has 4 rings (SSSR count). The summed E-state index contributed by atoms with van der Waals surface area (Å²) in [4.78, 5) is 18.5. The number of aromatic nitrogens is 1. The van der Waals surface area contributed by atoms with Crippen LogP contribution in [0.4, 0.5) is 20.2 Å². The lowest BCUT2D eigenvalue weighted by molar-refractivity contribution is -0.139. The van der Waals surface area contributed by atoms with Gasteiger partial charge in [0.25, 0.3) is 5.92 Å². The van der Waals surface area contributed by atoms with Gasteiger partial charge in [-0.2, -0.15) is 5.26 Å². The van der Waals surface area contributed by atoms with E-state index in [1.807, 2.05) is 6.92 Å². The fraction of sp³-hybridized carbons (Fsp3) is 0.458. The minimum Gasteiger partial charge on any atom is -0.354 e. The van der Waals surface area contributed by atoms with Gasteiger partial charge in [0.15, 0.2) is 9.84 Å². The van der Waals surface area contributed by atoms with Crippen LogP contribution in [-0.4, -0.2) is 54.7 Å². The van der Waals surface area contributed by atoms with Crippen LogP contribution < -0.4 is 5.32 Å². The average Bonchev–Trinajstić information content (AvgIpc) is 3.27. The van der Waals surface area contributed by atoms with Crippen molar-refractivity contribution in [3.8, 4) is 6.07 Å². The molecule has 1 aromatic carbocycles. The lowest BCUT2D eigenvalue weighted by Gasteiger charge is -2.29. The number of nitriles is 1. The molecule has 180 valence electrons. The van der Waals surface area contributed by atoms with Crippen LogP contribution >= 0.6 is 0 Å². The van der Waals surface area contributed by atoms with Gasteiger partial charge in [-0.15, -0.1) is 0 Å². The lowest BCUT2D eigenvalue weighted by Crippen LogP contribution is -2.47. The zero-order chi connectivity index (χ0) is 24.9. The van der Waals surface area contributed by atoms with Crippen molar-refractivity contribution in [2.24, 2.45) is 5.41 Å². The van der Waals surface area contributed by atoms with Crippen molar-refractivity contribution >= 4 is 27.1 Å². The number of carbonyl (C=O) groups is 1. The second-order valence-electron chi connectivity index (χ2n) is 9.03. The number of hydrogen-bond acceptors (Lipinski definition) is 6. The maximum atomic E-state index is 14.9. The molecule has 10 heteroatoms. The summed E-state index contributed by atoms with van der Waals surface area (Å²) in [6, 6.07) is 8.63. The van der Waals surface area contributed by atoms with Crippen molar-refractivity contribution in [1.29, 1.82) is 5.26 Å². The largest absolute Gasteiger partial charge is 0.354 e. The SMILES string of the molecule is CCc1c(Nc2ccc(C3C(F)(F)C3(C)C(=O)N3CCS(=O)(=O)CC3)cc2)cnc(C)c1C#N. The second kappa shape index (κ2) is 8.31. The highest BCUT2D eigenvalue weighted by Crippen LogP contribution is 2.71. The number of anilines is 2. The van der Waals surface area contributed by atoms with Gasteiger partial charge in [0.05, 0.1) is 40.6 Å². The van der Waals surface area contributed by atoms with Crippen LogP contribution in [0.3, 0.4) is 0 Å². The fourth-order valence-corrected chi connectivity index (χ4v) is 5.98. The zero-order valence-electron chi connectivity index (χ0n) is 19.2. The number of nitrogens with one attached hydrogen (secondary N) is 1. The smallest absolute Gasteiger partial charge is 0.270 e. The molecular formula is C24H26F2N4O3S. The Bertz CT molecular complexity index is 1270. The van der Waals surface area contributed by atoms with Crippen molar-refractivity contribution < 1.29 is 22.0 Å². The molecule has 2 atom stereocenters. The van der Waals surface area contributed by atoms with Crippen molar-refractivity contribution in [2.75, 3.05) is 29.9 Å². The topological polar surface area (TPSA) is 103 Å². The van der Waals surface area contributed by atoms with Crippen LogP contribution in [0.15, 0.2) is 30.5 Å². The van der Waals surface area contributed by atoms with E-state index in [1.54, 1.807) is 37.4 Å². The molecule has 1 aromatic heterocycles. The Kier molecular flexibility index (Phi) is 5.88. The van der Waals surface area contributed by atoms with E-state index in [9.17, 15) is 27.3 Å². The van der Waals surface area contributed by atoms with Crippen LogP contribution in [0.25, 0.3) is 0 Å². The highest BCUT2D eigenvalue weighted by molar-refractivity contribution is 7.91. The summed E-state index contributed by atoms with van der Waals surface area (Å²) in [5, 5.41) is 12.6. The summed E-state index contributed by atoms with van der Waals surface area (Å²) < 4.78 is 53.2. The molecule has 1 saturated heterocycles. The highest BCUT2D eigenvalue weighted by atomic mass is 32.2. The molecule has 2 aromatic rings. The Morgan fingerprint density at radius 1 is 1.26 bits per heavy atom. The Balaban J connectivity index is 1.53. The summed E-state index contributed by atoms with van der Waals surface area (Å²) >= 11 is 0. The molecule has 2 aliphatic rings. The molecule has 2 unspecified atom stereocenters. The highest BCUT2D eigenvalue weighted by Gasteiger charge is 2.82. The first-order chi connectivity index (χ1) is 16.0. The first kappa shape index (κ1) is 24.1. The molecule has 0 bridgehead atoms. The van der Waals surface area contributed by atoms with Crippen molar-refractivity contribution in [2.45, 2.75) is 39.0 Å². The number of halogens is 2. The number of nitrogens with zero attached hydrogens (tertiary/aromatic N) is 3. The van der Waals surface area contributed by atoms with Gasteiger partial charge in [0.2, 0.25) is 5.91 Å². The van der Waals surface area contributed by atoms with E-state index in [4.69, 9.17) is 0 Å². The molecule has 1 amide bonds. The maximum absolute atomic E-state index is 14.9. The van der Waals surface area contributed by atoms with E-state index >= 15 is 0 Å². The van der Waals surface area contributed by atoms with Crippen molar-refractivity contribution in [1.82, 2.24) is 9.88 Å². The van der Waals surface area contributed by atoms with Gasteiger partial charge >= 0.3 is 0 Å². The van der Waals surface area contributed by atoms with Gasteiger partial charge in [0, 0.05) is 18.8 Å². The Hall–Kier alpha value is -3.06. The molecule has 7 nitrogen and oxygen atoms in total. The number of aryl methyl sites for hydroxylation is 1. The minimum atomic E-state index is -3.23. The average molecular weight is 489 g/mol. The number of benzene rings is 1. The van der Waals surface area contributed by atoms with Gasteiger partial charge < -0.3 is 10.2 Å². The first-order valence-electron chi connectivity index (χ1n) is 11.1. The molecule has 2 heterocycles. The van der Waals surface area contributed by atoms with Crippen LogP contribution in [-0.2, 0) is 21.1 Å². The maximum Gasteiger partial charge on any atom is 0.270 e. The normalized spacial score (nSPS) is 24.8. The molecule has 2 fully saturated rings. The molecular weight excluding hydrogens is 462 g/mol. The summed E-state index contributed by atoms with van der Waals surface area (Å²) in [7, 11) is -3.22. The molecule has 1 aliphatic heterocycles. The number of rotatable bonds is 5. The Morgan fingerprint density at radius 2 is 1.88 bits per heavy atom. The molecule has 1 aliphatic carbocycles. The number of alkyl halides is 2. The number of hydrogen-bond donors (Lipinski definition) is 1. The van der Waals surface area contributed by atoms with E-state index in [2.05, 4.69) is 16.4 Å². The third kappa shape index (κ3) is 3.82. The molecule has 0 radical (unpaired) electrons. The Morgan fingerprint density at radius 3 is 2.44 bits per heavy atom. The molecule has 1 saturated carbocycles. The van der Waals surface area contributed by atoms with E-state index in [1.165, 1.54) is 11.8 Å². The predicted molar refractivity (Wildman–Crippen MR) is 124 cm³/mol. The monoisotopic (exact) mass is 488 g/mol. The zero-order valence-corrected chi connectivity index (χ0v) is 20.0. The van der Waals surface area contributed by atoms with E-state index in [0.29, 0.717) is 34.6 Å². The summed E-state index contributed by atoms with van der Waals surface area (Å²) in [5.74, 6) is -5.62. The van der Waals surface area contributed by atoms with E-state index in [-0.39, 0.29) is 24.6 Å². The number of sulfone groups is 1. The number of carbonyl (C=O) groups excluding carboxylic acids is 1. The third-order valence-electron chi connectivity index (χ3n) is 6.99. The van der Waals surface area contributed by atoms with Gasteiger partial charge in [-0.05, 0) is 43.5 Å². The van der Waals surface area contributed by atoms with E-state index < -0.39 is 33.0 Å². The first-order valence-corrected chi connectivity index (χ1v) is 12.9.